The third-order valence-electron chi connectivity index (χ3n) is 3.26. The van der Waals surface area contributed by atoms with Gasteiger partial charge in [-0.2, -0.15) is 0 Å². The van der Waals surface area contributed by atoms with Crippen LogP contribution in [0.3, 0.4) is 0 Å². The van der Waals surface area contributed by atoms with Crippen molar-refractivity contribution in [1.82, 2.24) is 0 Å². The van der Waals surface area contributed by atoms with Crippen LogP contribution in [0.5, 0.6) is 0 Å². The molecule has 0 spiro atoms. The standard InChI is InChI=1S/C15H39N3P/c1-16(2,3)10-13-19(14-11-17(4,5)6)15-12-18(7,8)9/h10-15H2,1-9H3/q+3. The van der Waals surface area contributed by atoms with Gasteiger partial charge in [-0.3, -0.25) is 0 Å². The Kier molecular flexibility index (Phi) is 7.48. The van der Waals surface area contributed by atoms with E-state index in [0.29, 0.717) is 0 Å². The molecular weight excluding hydrogens is 253 g/mol. The fraction of sp³-hybridized carbons (Fsp3) is 1.00. The predicted molar refractivity (Wildman–Crippen MR) is 90.2 cm³/mol. The van der Waals surface area contributed by atoms with E-state index in [1.165, 1.54) is 38.1 Å². The topological polar surface area (TPSA) is 0 Å². The van der Waals surface area contributed by atoms with E-state index in [1.54, 1.807) is 0 Å². The summed E-state index contributed by atoms with van der Waals surface area (Å²) in [7, 11) is 21.0. The number of quaternary nitrogens is 3. The fourth-order valence-corrected chi connectivity index (χ4v) is 4.98. The number of nitrogens with zero attached hydrogens (tertiary/aromatic N) is 3. The molecule has 0 saturated heterocycles. The molecule has 0 aliphatic rings. The Morgan fingerprint density at radius 3 is 0.842 bits per heavy atom. The van der Waals surface area contributed by atoms with Gasteiger partial charge < -0.3 is 13.4 Å². The van der Waals surface area contributed by atoms with Gasteiger partial charge in [-0.1, -0.05) is 7.92 Å². The van der Waals surface area contributed by atoms with E-state index >= 15 is 0 Å². The first-order valence-corrected chi connectivity index (χ1v) is 9.32. The van der Waals surface area contributed by atoms with Crippen LogP contribution >= 0.6 is 7.92 Å². The second-order valence-corrected chi connectivity index (χ2v) is 11.6. The Balaban J connectivity index is 4.30. The molecule has 0 saturated carbocycles. The highest BCUT2D eigenvalue weighted by Crippen LogP contribution is 2.35. The van der Waals surface area contributed by atoms with E-state index < -0.39 is 0 Å². The summed E-state index contributed by atoms with van der Waals surface area (Å²) in [5.41, 5.74) is 0. The van der Waals surface area contributed by atoms with Gasteiger partial charge in [0.15, 0.2) is 0 Å². The van der Waals surface area contributed by atoms with Crippen LogP contribution in [0.4, 0.5) is 0 Å². The zero-order chi connectivity index (χ0) is 15.3. The molecule has 0 unspecified atom stereocenters. The molecule has 0 atom stereocenters. The van der Waals surface area contributed by atoms with Crippen molar-refractivity contribution in [3.8, 4) is 0 Å². The summed E-state index contributed by atoms with van der Waals surface area (Å²) in [6.07, 6.45) is 4.29. The molecule has 0 aromatic heterocycles. The van der Waals surface area contributed by atoms with Gasteiger partial charge in [0.25, 0.3) is 0 Å². The Morgan fingerprint density at radius 1 is 0.474 bits per heavy atom. The van der Waals surface area contributed by atoms with Crippen LogP contribution in [0.1, 0.15) is 0 Å². The average Bonchev–Trinajstić information content (AvgIpc) is 2.11. The van der Waals surface area contributed by atoms with Crippen molar-refractivity contribution in [1.29, 1.82) is 0 Å². The van der Waals surface area contributed by atoms with Crippen LogP contribution in [0.25, 0.3) is 0 Å². The molecule has 0 aromatic rings. The van der Waals surface area contributed by atoms with E-state index in [-0.39, 0.29) is 7.92 Å². The smallest absolute Gasteiger partial charge is 0.0820 e. The lowest BCUT2D eigenvalue weighted by atomic mass is 10.5. The molecule has 0 bridgehead atoms. The molecule has 0 amide bonds. The zero-order valence-corrected chi connectivity index (χ0v) is 15.9. The number of hydrogen-bond acceptors (Lipinski definition) is 0. The van der Waals surface area contributed by atoms with Crippen LogP contribution in [-0.4, -0.2) is 115 Å². The van der Waals surface area contributed by atoms with Crippen molar-refractivity contribution in [3.05, 3.63) is 0 Å². The Bertz CT molecular complexity index is 203. The second kappa shape index (κ2) is 7.36. The summed E-state index contributed by atoms with van der Waals surface area (Å²) in [5, 5.41) is 0. The lowest BCUT2D eigenvalue weighted by Gasteiger charge is -2.31. The molecule has 0 aliphatic heterocycles. The van der Waals surface area contributed by atoms with E-state index in [1.807, 2.05) is 0 Å². The summed E-state index contributed by atoms with van der Waals surface area (Å²) in [6.45, 7) is 3.96. The molecule has 0 N–H and O–H groups in total. The Labute approximate surface area is 123 Å². The van der Waals surface area contributed by atoms with Crippen LogP contribution in [0.2, 0.25) is 0 Å². The fourth-order valence-electron chi connectivity index (χ4n) is 1.66. The average molecular weight is 292 g/mol. The molecule has 0 aromatic carbocycles. The molecule has 0 fully saturated rings. The zero-order valence-electron chi connectivity index (χ0n) is 15.0. The molecule has 0 heterocycles. The van der Waals surface area contributed by atoms with Crippen molar-refractivity contribution >= 4 is 7.92 Å². The van der Waals surface area contributed by atoms with E-state index in [0.717, 1.165) is 13.4 Å². The summed E-state index contributed by atoms with van der Waals surface area (Å²) < 4.78 is 3.31. The first-order valence-electron chi connectivity index (χ1n) is 7.42. The summed E-state index contributed by atoms with van der Waals surface area (Å²) in [5.74, 6) is 0. The first-order chi connectivity index (χ1) is 8.29. The maximum atomic E-state index is 2.31. The molecule has 116 valence electrons. The minimum Gasteiger partial charge on any atom is -0.331 e. The lowest BCUT2D eigenvalue weighted by Crippen LogP contribution is -2.40. The van der Waals surface area contributed by atoms with E-state index in [4.69, 9.17) is 0 Å². The van der Waals surface area contributed by atoms with Gasteiger partial charge in [-0.15, -0.1) is 0 Å². The second-order valence-electron chi connectivity index (χ2n) is 8.88. The molecule has 19 heavy (non-hydrogen) atoms. The Morgan fingerprint density at radius 2 is 0.684 bits per heavy atom. The Hall–Kier alpha value is 0.310. The van der Waals surface area contributed by atoms with E-state index in [9.17, 15) is 0 Å². The highest BCUT2D eigenvalue weighted by atomic mass is 31.1. The lowest BCUT2D eigenvalue weighted by molar-refractivity contribution is -0.869. The van der Waals surface area contributed by atoms with Gasteiger partial charge in [-0.25, -0.2) is 0 Å². The van der Waals surface area contributed by atoms with Gasteiger partial charge in [-0.05, 0) is 0 Å². The van der Waals surface area contributed by atoms with Gasteiger partial charge in [0, 0.05) is 18.5 Å². The van der Waals surface area contributed by atoms with E-state index in [2.05, 4.69) is 63.4 Å². The van der Waals surface area contributed by atoms with Gasteiger partial charge in [0.2, 0.25) is 0 Å². The normalized spacial score (nSPS) is 14.2. The largest absolute Gasteiger partial charge is 0.331 e. The van der Waals surface area contributed by atoms with Crippen molar-refractivity contribution in [2.75, 3.05) is 102 Å². The third kappa shape index (κ3) is 14.5. The molecule has 0 rings (SSSR count). The number of rotatable bonds is 9. The molecule has 0 aliphatic carbocycles. The minimum absolute atomic E-state index is 0.199. The quantitative estimate of drug-likeness (QED) is 0.447. The number of hydrogen-bond donors (Lipinski definition) is 0. The van der Waals surface area contributed by atoms with Crippen LogP contribution in [-0.2, 0) is 0 Å². The SMILES string of the molecule is C[N+](C)(C)CCP(CC[N+](C)(C)C)CC[N+](C)(C)C. The highest BCUT2D eigenvalue weighted by molar-refractivity contribution is 7.57. The monoisotopic (exact) mass is 292 g/mol. The van der Waals surface area contributed by atoms with Crippen molar-refractivity contribution in [2.24, 2.45) is 0 Å². The van der Waals surface area contributed by atoms with Crippen molar-refractivity contribution < 1.29 is 13.4 Å². The molecule has 4 heteroatoms. The molecule has 3 nitrogen and oxygen atoms in total. The molecular formula is C15H39N3P+3. The van der Waals surface area contributed by atoms with Gasteiger partial charge in [0.05, 0.1) is 83.1 Å². The highest BCUT2D eigenvalue weighted by Gasteiger charge is 2.19. The maximum absolute atomic E-state index is 2.31. The minimum atomic E-state index is 0.199. The van der Waals surface area contributed by atoms with Gasteiger partial charge in [0.1, 0.15) is 0 Å². The summed E-state index contributed by atoms with van der Waals surface area (Å²) in [6, 6.07) is 0. The summed E-state index contributed by atoms with van der Waals surface area (Å²) >= 11 is 0. The van der Waals surface area contributed by atoms with Crippen molar-refractivity contribution in [3.63, 3.8) is 0 Å². The van der Waals surface area contributed by atoms with Crippen molar-refractivity contribution in [2.45, 2.75) is 0 Å². The third-order valence-corrected chi connectivity index (χ3v) is 5.76. The predicted octanol–water partition coefficient (Wildman–Crippen LogP) is 1.59. The first kappa shape index (κ1) is 19.3. The van der Waals surface area contributed by atoms with Crippen LogP contribution in [0, 0.1) is 0 Å². The molecule has 0 radical (unpaired) electrons. The van der Waals surface area contributed by atoms with Crippen LogP contribution in [0.15, 0.2) is 0 Å². The van der Waals surface area contributed by atoms with Crippen LogP contribution < -0.4 is 0 Å². The summed E-state index contributed by atoms with van der Waals surface area (Å²) in [4.78, 5) is 0. The van der Waals surface area contributed by atoms with Gasteiger partial charge >= 0.3 is 0 Å². The maximum Gasteiger partial charge on any atom is 0.0820 e.